The summed E-state index contributed by atoms with van der Waals surface area (Å²) in [6.07, 6.45) is 4.45. The highest BCUT2D eigenvalue weighted by atomic mass is 32.2. The zero-order chi connectivity index (χ0) is 10.4. The molecule has 0 radical (unpaired) electrons. The Balaban J connectivity index is 2.49. The molecule has 3 nitrogen and oxygen atoms in total. The van der Waals surface area contributed by atoms with Crippen LogP contribution in [-0.4, -0.2) is 19.9 Å². The van der Waals surface area contributed by atoms with Crippen molar-refractivity contribution in [3.8, 4) is 0 Å². The van der Waals surface area contributed by atoms with Crippen LogP contribution in [0.15, 0.2) is 30.6 Å². The van der Waals surface area contributed by atoms with Gasteiger partial charge >= 0.3 is 0 Å². The molecule has 0 aromatic carbocycles. The van der Waals surface area contributed by atoms with E-state index in [4.69, 9.17) is 0 Å². The summed E-state index contributed by atoms with van der Waals surface area (Å²) in [6.45, 7) is 2.43. The van der Waals surface area contributed by atoms with E-state index in [1.54, 1.807) is 0 Å². The second-order valence-corrected chi connectivity index (χ2v) is 5.57. The standard InChI is InChI=1S/C10H16NO2S/c1-2-9-14(12,13)10-8-11-6-4-3-5-7-11/h3-7H,2,8-10H2,1H3/q+1. The highest BCUT2D eigenvalue weighted by Gasteiger charge is 2.11. The third kappa shape index (κ3) is 3.87. The SMILES string of the molecule is CCCS(=O)(=O)CC[n+]1ccccc1. The molecule has 1 aromatic rings. The number of aryl methyl sites for hydroxylation is 1. The Labute approximate surface area is 85.3 Å². The smallest absolute Gasteiger partial charge is 0.168 e. The van der Waals surface area contributed by atoms with Crippen molar-refractivity contribution in [3.63, 3.8) is 0 Å². The number of rotatable bonds is 5. The Bertz CT molecular complexity index is 359. The molecule has 0 atom stereocenters. The molecule has 14 heavy (non-hydrogen) atoms. The minimum absolute atomic E-state index is 0.232. The molecule has 4 heteroatoms. The Kier molecular flexibility index (Phi) is 4.07. The third-order valence-corrected chi connectivity index (χ3v) is 3.79. The summed E-state index contributed by atoms with van der Waals surface area (Å²) in [5, 5.41) is 0. The number of pyridine rings is 1. The monoisotopic (exact) mass is 214 g/mol. The van der Waals surface area contributed by atoms with Crippen molar-refractivity contribution in [3.05, 3.63) is 30.6 Å². The van der Waals surface area contributed by atoms with Gasteiger partial charge in [0.15, 0.2) is 28.8 Å². The van der Waals surface area contributed by atoms with E-state index in [9.17, 15) is 8.42 Å². The molecule has 0 unspecified atom stereocenters. The van der Waals surface area contributed by atoms with Gasteiger partial charge in [-0.25, -0.2) is 13.0 Å². The van der Waals surface area contributed by atoms with Gasteiger partial charge in [0.2, 0.25) is 0 Å². The van der Waals surface area contributed by atoms with Crippen LogP contribution in [0.3, 0.4) is 0 Å². The molecule has 0 aliphatic rings. The van der Waals surface area contributed by atoms with Crippen LogP contribution < -0.4 is 4.57 Å². The van der Waals surface area contributed by atoms with Gasteiger partial charge < -0.3 is 0 Å². The summed E-state index contributed by atoms with van der Waals surface area (Å²) in [5.41, 5.74) is 0. The fraction of sp³-hybridized carbons (Fsp3) is 0.500. The maximum absolute atomic E-state index is 11.4. The summed E-state index contributed by atoms with van der Waals surface area (Å²) in [4.78, 5) is 0. The fourth-order valence-corrected chi connectivity index (χ4v) is 2.56. The van der Waals surface area contributed by atoms with Gasteiger partial charge in [-0.05, 0) is 6.42 Å². The Morgan fingerprint density at radius 3 is 2.29 bits per heavy atom. The van der Waals surface area contributed by atoms with Gasteiger partial charge in [0, 0.05) is 12.1 Å². The minimum atomic E-state index is -2.85. The van der Waals surface area contributed by atoms with E-state index in [2.05, 4.69) is 0 Å². The van der Waals surface area contributed by atoms with Crippen molar-refractivity contribution >= 4 is 9.84 Å². The number of aromatic nitrogens is 1. The molecule has 0 aliphatic heterocycles. The van der Waals surface area contributed by atoms with Crippen LogP contribution in [0.1, 0.15) is 13.3 Å². The number of sulfone groups is 1. The lowest BCUT2D eigenvalue weighted by molar-refractivity contribution is -0.692. The molecule has 0 amide bonds. The lowest BCUT2D eigenvalue weighted by atomic mass is 10.5. The summed E-state index contributed by atoms with van der Waals surface area (Å²) in [7, 11) is -2.85. The minimum Gasteiger partial charge on any atom is -0.229 e. The van der Waals surface area contributed by atoms with Crippen LogP contribution in [0.5, 0.6) is 0 Å². The van der Waals surface area contributed by atoms with Gasteiger partial charge in [0.05, 0.1) is 5.75 Å². The molecular weight excluding hydrogens is 198 g/mol. The molecule has 0 spiro atoms. The fourth-order valence-electron chi connectivity index (χ4n) is 1.24. The van der Waals surface area contributed by atoms with Gasteiger partial charge in [-0.2, -0.15) is 0 Å². The van der Waals surface area contributed by atoms with E-state index in [-0.39, 0.29) is 5.75 Å². The molecule has 0 aliphatic carbocycles. The van der Waals surface area contributed by atoms with Crippen molar-refractivity contribution in [1.82, 2.24) is 0 Å². The maximum Gasteiger partial charge on any atom is 0.168 e. The Morgan fingerprint density at radius 1 is 1.07 bits per heavy atom. The summed E-state index contributed by atoms with van der Waals surface area (Å²) >= 11 is 0. The van der Waals surface area contributed by atoms with E-state index in [1.807, 2.05) is 42.1 Å². The van der Waals surface area contributed by atoms with Crippen molar-refractivity contribution in [1.29, 1.82) is 0 Å². The van der Waals surface area contributed by atoms with Crippen LogP contribution in [0.4, 0.5) is 0 Å². The summed E-state index contributed by atoms with van der Waals surface area (Å²) in [6, 6.07) is 5.70. The van der Waals surface area contributed by atoms with Gasteiger partial charge in [0.1, 0.15) is 5.75 Å². The van der Waals surface area contributed by atoms with Crippen molar-refractivity contribution in [2.24, 2.45) is 0 Å². The number of hydrogen-bond acceptors (Lipinski definition) is 2. The molecule has 1 heterocycles. The maximum atomic E-state index is 11.4. The molecule has 78 valence electrons. The first-order valence-corrected chi connectivity index (χ1v) is 6.61. The van der Waals surface area contributed by atoms with Crippen LogP contribution in [0.2, 0.25) is 0 Å². The predicted molar refractivity (Wildman–Crippen MR) is 55.6 cm³/mol. The number of hydrogen-bond donors (Lipinski definition) is 0. The molecule has 0 N–H and O–H groups in total. The van der Waals surface area contributed by atoms with Gasteiger partial charge in [-0.1, -0.05) is 13.0 Å². The lowest BCUT2D eigenvalue weighted by Crippen LogP contribution is -2.36. The van der Waals surface area contributed by atoms with Crippen LogP contribution in [0, 0.1) is 0 Å². The van der Waals surface area contributed by atoms with Crippen LogP contribution in [-0.2, 0) is 16.4 Å². The highest BCUT2D eigenvalue weighted by molar-refractivity contribution is 7.91. The topological polar surface area (TPSA) is 38.0 Å². The van der Waals surface area contributed by atoms with E-state index >= 15 is 0 Å². The summed E-state index contributed by atoms with van der Waals surface area (Å²) in [5.74, 6) is 0.524. The van der Waals surface area contributed by atoms with E-state index in [1.165, 1.54) is 0 Å². The zero-order valence-corrected chi connectivity index (χ0v) is 9.20. The zero-order valence-electron chi connectivity index (χ0n) is 8.39. The first-order valence-electron chi connectivity index (χ1n) is 4.78. The van der Waals surface area contributed by atoms with Crippen molar-refractivity contribution in [2.75, 3.05) is 11.5 Å². The molecule has 0 bridgehead atoms. The second kappa shape index (κ2) is 5.10. The van der Waals surface area contributed by atoms with Crippen LogP contribution in [0.25, 0.3) is 0 Å². The average Bonchev–Trinajstić information content (AvgIpc) is 2.17. The quantitative estimate of drug-likeness (QED) is 0.680. The average molecular weight is 214 g/mol. The van der Waals surface area contributed by atoms with E-state index in [0.29, 0.717) is 18.7 Å². The number of nitrogens with zero attached hydrogens (tertiary/aromatic N) is 1. The molecule has 0 fully saturated rings. The molecule has 1 aromatic heterocycles. The van der Waals surface area contributed by atoms with Crippen molar-refractivity contribution < 1.29 is 13.0 Å². The molecule has 0 saturated carbocycles. The van der Waals surface area contributed by atoms with Crippen molar-refractivity contribution in [2.45, 2.75) is 19.9 Å². The Morgan fingerprint density at radius 2 is 1.71 bits per heavy atom. The molecule has 0 saturated heterocycles. The first-order chi connectivity index (χ1) is 6.64. The largest absolute Gasteiger partial charge is 0.229 e. The normalized spacial score (nSPS) is 11.5. The van der Waals surface area contributed by atoms with Gasteiger partial charge in [-0.15, -0.1) is 0 Å². The van der Waals surface area contributed by atoms with E-state index in [0.717, 1.165) is 0 Å². The molecule has 1 rings (SSSR count). The predicted octanol–water partition coefficient (Wildman–Crippen LogP) is 0.799. The van der Waals surface area contributed by atoms with E-state index < -0.39 is 9.84 Å². The van der Waals surface area contributed by atoms with Gasteiger partial charge in [-0.3, -0.25) is 0 Å². The highest BCUT2D eigenvalue weighted by Crippen LogP contribution is 1.93. The summed E-state index contributed by atoms with van der Waals surface area (Å²) < 4.78 is 24.7. The lowest BCUT2D eigenvalue weighted by Gasteiger charge is -1.99. The Hall–Kier alpha value is -0.900. The first kappa shape index (κ1) is 11.2. The third-order valence-electron chi connectivity index (χ3n) is 1.95. The molecular formula is C10H16NO2S+. The van der Waals surface area contributed by atoms with Gasteiger partial charge in [0.25, 0.3) is 0 Å². The second-order valence-electron chi connectivity index (χ2n) is 3.27. The van der Waals surface area contributed by atoms with Crippen LogP contribution >= 0.6 is 0 Å².